The van der Waals surface area contributed by atoms with Crippen LogP contribution in [0.25, 0.3) is 0 Å². The summed E-state index contributed by atoms with van der Waals surface area (Å²) in [7, 11) is -3.67. The lowest BCUT2D eigenvalue weighted by Crippen LogP contribution is -2.32. The molecule has 2 rings (SSSR count). The molecule has 4 nitrogen and oxygen atoms in total. The van der Waals surface area contributed by atoms with Crippen molar-refractivity contribution in [2.24, 2.45) is 0 Å². The van der Waals surface area contributed by atoms with Crippen LogP contribution in [-0.4, -0.2) is 30.5 Å². The molecule has 0 aliphatic heterocycles. The van der Waals surface area contributed by atoms with E-state index in [0.717, 1.165) is 36.3 Å². The lowest BCUT2D eigenvalue weighted by atomic mass is 10.0. The second kappa shape index (κ2) is 11.2. The molecule has 0 aliphatic carbocycles. The van der Waals surface area contributed by atoms with Gasteiger partial charge >= 0.3 is 5.97 Å². The summed E-state index contributed by atoms with van der Waals surface area (Å²) in [5.41, 5.74) is 2.12. The number of carboxylic acids is 1. The predicted molar refractivity (Wildman–Crippen MR) is 114 cm³/mol. The molecular weight excluding hydrogens is 396 g/mol. The second-order valence-corrected chi connectivity index (χ2v) is 9.75. The summed E-state index contributed by atoms with van der Waals surface area (Å²) >= 11 is 5.87. The van der Waals surface area contributed by atoms with Gasteiger partial charge in [-0.1, -0.05) is 73.3 Å². The third-order valence-corrected chi connectivity index (χ3v) is 7.15. The van der Waals surface area contributed by atoms with E-state index in [9.17, 15) is 18.3 Å². The number of carbonyl (C=O) groups is 1. The molecule has 0 aliphatic rings. The Balaban J connectivity index is 1.73. The van der Waals surface area contributed by atoms with Crippen molar-refractivity contribution in [2.75, 3.05) is 5.75 Å². The topological polar surface area (TPSA) is 71.4 Å². The van der Waals surface area contributed by atoms with Gasteiger partial charge in [0.15, 0.2) is 15.1 Å². The maximum Gasteiger partial charge on any atom is 0.321 e. The van der Waals surface area contributed by atoms with E-state index in [1.165, 1.54) is 5.56 Å². The van der Waals surface area contributed by atoms with E-state index in [-0.39, 0.29) is 12.2 Å². The number of benzene rings is 2. The fraction of sp³-hybridized carbons (Fsp3) is 0.409. The minimum Gasteiger partial charge on any atom is -0.480 e. The SMILES string of the molecule is O=C(O)C(CCCCCCc1ccc(Cl)cc1)S(=O)(=O)CCc1ccccc1. The zero-order valence-electron chi connectivity index (χ0n) is 15.9. The van der Waals surface area contributed by atoms with E-state index in [0.29, 0.717) is 12.8 Å². The number of rotatable bonds is 12. The zero-order chi connectivity index (χ0) is 20.4. The highest BCUT2D eigenvalue weighted by Gasteiger charge is 2.31. The van der Waals surface area contributed by atoms with E-state index < -0.39 is 21.1 Å². The van der Waals surface area contributed by atoms with E-state index in [1.807, 2.05) is 54.6 Å². The summed E-state index contributed by atoms with van der Waals surface area (Å²) in [6.07, 6.45) is 4.81. The van der Waals surface area contributed by atoms with Crippen molar-refractivity contribution in [1.29, 1.82) is 0 Å². The maximum absolute atomic E-state index is 12.5. The van der Waals surface area contributed by atoms with E-state index in [1.54, 1.807) is 0 Å². The number of aliphatic carboxylic acids is 1. The summed E-state index contributed by atoms with van der Waals surface area (Å²) in [5.74, 6) is -1.38. The number of sulfone groups is 1. The van der Waals surface area contributed by atoms with Crippen LogP contribution in [0.3, 0.4) is 0 Å². The van der Waals surface area contributed by atoms with Crippen molar-refractivity contribution in [3.05, 3.63) is 70.7 Å². The van der Waals surface area contributed by atoms with Crippen LogP contribution in [0.1, 0.15) is 43.2 Å². The van der Waals surface area contributed by atoms with Gasteiger partial charge in [-0.05, 0) is 48.9 Å². The number of unbranched alkanes of at least 4 members (excludes halogenated alkanes) is 3. The van der Waals surface area contributed by atoms with Crippen LogP contribution in [0.15, 0.2) is 54.6 Å². The molecule has 1 N–H and O–H groups in total. The molecule has 1 unspecified atom stereocenters. The summed E-state index contributed by atoms with van der Waals surface area (Å²) in [6.45, 7) is 0. The Morgan fingerprint density at radius 3 is 2.11 bits per heavy atom. The van der Waals surface area contributed by atoms with E-state index in [4.69, 9.17) is 11.6 Å². The highest BCUT2D eigenvalue weighted by Crippen LogP contribution is 2.17. The Hall–Kier alpha value is -1.85. The van der Waals surface area contributed by atoms with Crippen LogP contribution in [0.4, 0.5) is 0 Å². The molecule has 1 atom stereocenters. The normalized spacial score (nSPS) is 12.6. The fourth-order valence-electron chi connectivity index (χ4n) is 3.17. The van der Waals surface area contributed by atoms with E-state index >= 15 is 0 Å². The predicted octanol–water partition coefficient (Wildman–Crippen LogP) is 4.94. The molecular formula is C22H27ClO4S. The van der Waals surface area contributed by atoms with Gasteiger partial charge in [-0.3, -0.25) is 4.79 Å². The van der Waals surface area contributed by atoms with Crippen LogP contribution >= 0.6 is 11.6 Å². The van der Waals surface area contributed by atoms with Crippen LogP contribution < -0.4 is 0 Å². The summed E-state index contributed by atoms with van der Waals surface area (Å²) in [5, 5.41) is 8.80. The molecule has 0 bridgehead atoms. The first-order chi connectivity index (χ1) is 13.4. The Morgan fingerprint density at radius 2 is 1.46 bits per heavy atom. The van der Waals surface area contributed by atoms with Crippen molar-refractivity contribution in [1.82, 2.24) is 0 Å². The van der Waals surface area contributed by atoms with Gasteiger partial charge in [0.25, 0.3) is 0 Å². The maximum atomic E-state index is 12.5. The molecule has 2 aromatic carbocycles. The number of carboxylic acid groups (broad SMARTS) is 1. The highest BCUT2D eigenvalue weighted by atomic mass is 35.5. The molecule has 0 saturated carbocycles. The third-order valence-electron chi connectivity index (χ3n) is 4.82. The van der Waals surface area contributed by atoms with Gasteiger partial charge in [-0.25, -0.2) is 8.42 Å². The lowest BCUT2D eigenvalue weighted by molar-refractivity contribution is -0.136. The number of hydrogen-bond acceptors (Lipinski definition) is 3. The minimum atomic E-state index is -3.67. The van der Waals surface area contributed by atoms with Crippen molar-refractivity contribution in [2.45, 2.75) is 50.2 Å². The first-order valence-corrected chi connectivity index (χ1v) is 11.7. The van der Waals surface area contributed by atoms with Crippen molar-refractivity contribution >= 4 is 27.4 Å². The van der Waals surface area contributed by atoms with Gasteiger partial charge in [0.2, 0.25) is 0 Å². The molecule has 0 amide bonds. The molecule has 0 fully saturated rings. The molecule has 2 aromatic rings. The summed E-state index contributed by atoms with van der Waals surface area (Å²) in [4.78, 5) is 11.5. The van der Waals surface area contributed by atoms with E-state index in [2.05, 4.69) is 0 Å². The molecule has 28 heavy (non-hydrogen) atoms. The molecule has 152 valence electrons. The van der Waals surface area contributed by atoms with Gasteiger partial charge in [-0.2, -0.15) is 0 Å². The number of hydrogen-bond donors (Lipinski definition) is 1. The standard InChI is InChI=1S/C22H27ClO4S/c23-20-14-12-19(13-15-20)10-4-1-2-7-11-21(22(24)25)28(26,27)17-16-18-8-5-3-6-9-18/h3,5-6,8-9,12-15,21H,1-2,4,7,10-11,16-17H2,(H,24,25). The molecule has 0 spiro atoms. The largest absolute Gasteiger partial charge is 0.480 e. The molecule has 0 radical (unpaired) electrons. The fourth-order valence-corrected chi connectivity index (χ4v) is 4.93. The van der Waals surface area contributed by atoms with Gasteiger partial charge in [0.1, 0.15) is 0 Å². The average molecular weight is 423 g/mol. The van der Waals surface area contributed by atoms with Crippen molar-refractivity contribution < 1.29 is 18.3 Å². The van der Waals surface area contributed by atoms with Gasteiger partial charge in [-0.15, -0.1) is 0 Å². The zero-order valence-corrected chi connectivity index (χ0v) is 17.5. The minimum absolute atomic E-state index is 0.134. The van der Waals surface area contributed by atoms with Gasteiger partial charge in [0.05, 0.1) is 5.75 Å². The second-order valence-electron chi connectivity index (χ2n) is 7.01. The smallest absolute Gasteiger partial charge is 0.321 e. The molecule has 0 aromatic heterocycles. The molecule has 0 saturated heterocycles. The average Bonchev–Trinajstić information content (AvgIpc) is 2.67. The van der Waals surface area contributed by atoms with Crippen LogP contribution in [0.2, 0.25) is 5.02 Å². The lowest BCUT2D eigenvalue weighted by Gasteiger charge is -2.13. The monoisotopic (exact) mass is 422 g/mol. The van der Waals surface area contributed by atoms with Gasteiger partial charge < -0.3 is 5.11 Å². The molecule has 6 heteroatoms. The van der Waals surface area contributed by atoms with Crippen LogP contribution in [0.5, 0.6) is 0 Å². The summed E-state index contributed by atoms with van der Waals surface area (Å²) in [6, 6.07) is 17.0. The quantitative estimate of drug-likeness (QED) is 0.491. The Bertz CT molecular complexity index is 833. The van der Waals surface area contributed by atoms with Crippen molar-refractivity contribution in [3.63, 3.8) is 0 Å². The van der Waals surface area contributed by atoms with Crippen molar-refractivity contribution in [3.8, 4) is 0 Å². The first kappa shape index (κ1) is 22.4. The summed E-state index contributed by atoms with van der Waals surface area (Å²) < 4.78 is 25.0. The Labute approximate surface area is 172 Å². The Kier molecular flexibility index (Phi) is 9.00. The number of aryl methyl sites for hydroxylation is 2. The number of halogens is 1. The Morgan fingerprint density at radius 1 is 0.857 bits per heavy atom. The third kappa shape index (κ3) is 7.64. The van der Waals surface area contributed by atoms with Gasteiger partial charge in [0, 0.05) is 5.02 Å². The highest BCUT2D eigenvalue weighted by molar-refractivity contribution is 7.92. The van der Waals surface area contributed by atoms with Crippen LogP contribution in [0, 0.1) is 0 Å². The molecule has 0 heterocycles. The first-order valence-electron chi connectivity index (χ1n) is 9.61. The van der Waals surface area contributed by atoms with Crippen LogP contribution in [-0.2, 0) is 27.5 Å².